The third-order valence-electron chi connectivity index (χ3n) is 2.83. The molecular weight excluding hydrogens is 182 g/mol. The van der Waals surface area contributed by atoms with Gasteiger partial charge in [-0.3, -0.25) is 0 Å². The lowest BCUT2D eigenvalue weighted by Gasteiger charge is -2.02. The van der Waals surface area contributed by atoms with Crippen LogP contribution in [-0.4, -0.2) is 6.54 Å². The molecule has 0 aromatic heterocycles. The average molecular weight is 195 g/mol. The third-order valence-corrected chi connectivity index (χ3v) is 2.83. The van der Waals surface area contributed by atoms with Crippen molar-refractivity contribution in [2.75, 3.05) is 6.54 Å². The molecule has 0 amide bonds. The SMILES string of the molecule is c1ccc(-c2ccc(C3CN3)cc2)cc1. The fourth-order valence-electron chi connectivity index (χ4n) is 1.83. The van der Waals surface area contributed by atoms with Crippen LogP contribution >= 0.6 is 0 Å². The molecule has 0 radical (unpaired) electrons. The van der Waals surface area contributed by atoms with Crippen LogP contribution in [0.1, 0.15) is 11.6 Å². The summed E-state index contributed by atoms with van der Waals surface area (Å²) < 4.78 is 0. The Morgan fingerprint density at radius 1 is 0.800 bits per heavy atom. The van der Waals surface area contributed by atoms with E-state index in [1.807, 2.05) is 6.07 Å². The van der Waals surface area contributed by atoms with E-state index in [1.54, 1.807) is 0 Å². The van der Waals surface area contributed by atoms with E-state index in [0.29, 0.717) is 6.04 Å². The highest BCUT2D eigenvalue weighted by Gasteiger charge is 2.21. The maximum Gasteiger partial charge on any atom is 0.0447 e. The smallest absolute Gasteiger partial charge is 0.0447 e. The molecule has 15 heavy (non-hydrogen) atoms. The summed E-state index contributed by atoms with van der Waals surface area (Å²) in [5.74, 6) is 0. The molecule has 2 aromatic carbocycles. The maximum absolute atomic E-state index is 3.31. The number of hydrogen-bond acceptors (Lipinski definition) is 1. The molecule has 0 bridgehead atoms. The Hall–Kier alpha value is -1.60. The zero-order valence-electron chi connectivity index (χ0n) is 8.48. The first-order valence-corrected chi connectivity index (χ1v) is 5.32. The summed E-state index contributed by atoms with van der Waals surface area (Å²) in [5, 5.41) is 3.31. The second kappa shape index (κ2) is 3.52. The van der Waals surface area contributed by atoms with Crippen molar-refractivity contribution < 1.29 is 0 Å². The van der Waals surface area contributed by atoms with Gasteiger partial charge in [-0.1, -0.05) is 54.6 Å². The van der Waals surface area contributed by atoms with Gasteiger partial charge in [0.25, 0.3) is 0 Å². The van der Waals surface area contributed by atoms with Gasteiger partial charge >= 0.3 is 0 Å². The summed E-state index contributed by atoms with van der Waals surface area (Å²) in [4.78, 5) is 0. The van der Waals surface area contributed by atoms with Gasteiger partial charge in [0, 0.05) is 12.6 Å². The van der Waals surface area contributed by atoms with Crippen LogP contribution in [0.2, 0.25) is 0 Å². The van der Waals surface area contributed by atoms with Gasteiger partial charge in [-0.25, -0.2) is 0 Å². The van der Waals surface area contributed by atoms with Crippen molar-refractivity contribution in [2.24, 2.45) is 0 Å². The first-order valence-electron chi connectivity index (χ1n) is 5.32. The molecule has 1 aliphatic heterocycles. The molecule has 0 spiro atoms. The Labute approximate surface area is 89.8 Å². The zero-order chi connectivity index (χ0) is 10.1. The van der Waals surface area contributed by atoms with Gasteiger partial charge in [-0.2, -0.15) is 0 Å². The highest BCUT2D eigenvalue weighted by molar-refractivity contribution is 5.63. The summed E-state index contributed by atoms with van der Waals surface area (Å²) in [6, 6.07) is 19.9. The highest BCUT2D eigenvalue weighted by atomic mass is 15.1. The predicted molar refractivity (Wildman–Crippen MR) is 62.6 cm³/mol. The quantitative estimate of drug-likeness (QED) is 0.731. The summed E-state index contributed by atoms with van der Waals surface area (Å²) in [7, 11) is 0. The van der Waals surface area contributed by atoms with Gasteiger partial charge in [-0.15, -0.1) is 0 Å². The molecule has 0 aliphatic carbocycles. The van der Waals surface area contributed by atoms with E-state index in [0.717, 1.165) is 6.54 Å². The molecule has 1 nitrogen and oxygen atoms in total. The van der Waals surface area contributed by atoms with Crippen molar-refractivity contribution in [3.63, 3.8) is 0 Å². The molecule has 1 atom stereocenters. The molecule has 1 saturated heterocycles. The van der Waals surface area contributed by atoms with Gasteiger partial charge in [-0.05, 0) is 16.7 Å². The lowest BCUT2D eigenvalue weighted by atomic mass is 10.0. The molecule has 1 N–H and O–H groups in total. The molecule has 1 fully saturated rings. The monoisotopic (exact) mass is 195 g/mol. The van der Waals surface area contributed by atoms with Crippen LogP contribution in [0.5, 0.6) is 0 Å². The molecule has 0 saturated carbocycles. The summed E-state index contributed by atoms with van der Waals surface area (Å²) in [6.45, 7) is 1.13. The van der Waals surface area contributed by atoms with Crippen LogP contribution in [0, 0.1) is 0 Å². The van der Waals surface area contributed by atoms with Crippen LogP contribution in [0.25, 0.3) is 11.1 Å². The topological polar surface area (TPSA) is 21.9 Å². The Morgan fingerprint density at radius 2 is 1.40 bits per heavy atom. The third kappa shape index (κ3) is 1.79. The minimum Gasteiger partial charge on any atom is -0.307 e. The predicted octanol–water partition coefficient (Wildman–Crippen LogP) is 3.00. The number of nitrogens with one attached hydrogen (secondary N) is 1. The van der Waals surface area contributed by atoms with Crippen LogP contribution in [0.4, 0.5) is 0 Å². The Morgan fingerprint density at radius 3 is 2.00 bits per heavy atom. The van der Waals surface area contributed by atoms with Gasteiger partial charge < -0.3 is 5.32 Å². The van der Waals surface area contributed by atoms with Crippen LogP contribution < -0.4 is 5.32 Å². The van der Waals surface area contributed by atoms with Gasteiger partial charge in [0.05, 0.1) is 0 Å². The van der Waals surface area contributed by atoms with E-state index in [1.165, 1.54) is 16.7 Å². The van der Waals surface area contributed by atoms with Crippen molar-refractivity contribution in [1.29, 1.82) is 0 Å². The molecule has 74 valence electrons. The molecular formula is C14H13N. The minimum atomic E-state index is 0.606. The fraction of sp³-hybridized carbons (Fsp3) is 0.143. The number of hydrogen-bond donors (Lipinski definition) is 1. The second-order valence-corrected chi connectivity index (χ2v) is 3.95. The van der Waals surface area contributed by atoms with E-state index in [9.17, 15) is 0 Å². The fourth-order valence-corrected chi connectivity index (χ4v) is 1.83. The van der Waals surface area contributed by atoms with Crippen LogP contribution in [0.15, 0.2) is 54.6 Å². The molecule has 1 heteroatoms. The zero-order valence-corrected chi connectivity index (χ0v) is 8.48. The molecule has 3 rings (SSSR count). The molecule has 2 aromatic rings. The first-order chi connectivity index (χ1) is 7.43. The van der Waals surface area contributed by atoms with Crippen molar-refractivity contribution >= 4 is 0 Å². The van der Waals surface area contributed by atoms with Gasteiger partial charge in [0.1, 0.15) is 0 Å². The average Bonchev–Trinajstić information content (AvgIpc) is 3.15. The molecule has 1 unspecified atom stereocenters. The normalized spacial score (nSPS) is 18.8. The summed E-state index contributed by atoms with van der Waals surface area (Å²) >= 11 is 0. The van der Waals surface area contributed by atoms with E-state index in [4.69, 9.17) is 0 Å². The summed E-state index contributed by atoms with van der Waals surface area (Å²) in [5.41, 5.74) is 3.97. The van der Waals surface area contributed by atoms with Crippen molar-refractivity contribution in [3.05, 3.63) is 60.2 Å². The highest BCUT2D eigenvalue weighted by Crippen LogP contribution is 2.25. The van der Waals surface area contributed by atoms with Crippen LogP contribution in [0.3, 0.4) is 0 Å². The molecule has 1 heterocycles. The largest absolute Gasteiger partial charge is 0.307 e. The second-order valence-electron chi connectivity index (χ2n) is 3.95. The Kier molecular flexibility index (Phi) is 2.04. The Balaban J connectivity index is 1.93. The van der Waals surface area contributed by atoms with E-state index >= 15 is 0 Å². The number of benzene rings is 2. The summed E-state index contributed by atoms with van der Waals surface area (Å²) in [6.07, 6.45) is 0. The molecule has 1 aliphatic rings. The van der Waals surface area contributed by atoms with E-state index < -0.39 is 0 Å². The first kappa shape index (κ1) is 8.69. The standard InChI is InChI=1S/C14H13N/c1-2-4-11(5-3-1)12-6-8-13(9-7-12)14-10-15-14/h1-9,14-15H,10H2. The lowest BCUT2D eigenvalue weighted by Crippen LogP contribution is -1.84. The lowest BCUT2D eigenvalue weighted by molar-refractivity contribution is 1.08. The number of rotatable bonds is 2. The minimum absolute atomic E-state index is 0.606. The Bertz CT molecular complexity index is 441. The van der Waals surface area contributed by atoms with Crippen molar-refractivity contribution in [3.8, 4) is 11.1 Å². The van der Waals surface area contributed by atoms with Gasteiger partial charge in [0.2, 0.25) is 0 Å². The van der Waals surface area contributed by atoms with E-state index in [2.05, 4.69) is 53.8 Å². The maximum atomic E-state index is 3.31. The van der Waals surface area contributed by atoms with Crippen molar-refractivity contribution in [2.45, 2.75) is 6.04 Å². The van der Waals surface area contributed by atoms with Crippen molar-refractivity contribution in [1.82, 2.24) is 5.32 Å². The van der Waals surface area contributed by atoms with Gasteiger partial charge in [0.15, 0.2) is 0 Å². The van der Waals surface area contributed by atoms with E-state index in [-0.39, 0.29) is 0 Å². The van der Waals surface area contributed by atoms with Crippen LogP contribution in [-0.2, 0) is 0 Å².